The van der Waals surface area contributed by atoms with Gasteiger partial charge in [0.15, 0.2) is 0 Å². The Bertz CT molecular complexity index is 553. The van der Waals surface area contributed by atoms with Crippen molar-refractivity contribution < 1.29 is 0 Å². The molecule has 100 valence electrons. The third-order valence-corrected chi connectivity index (χ3v) is 4.26. The Labute approximate surface area is 114 Å². The van der Waals surface area contributed by atoms with Crippen molar-refractivity contribution in [1.82, 2.24) is 15.3 Å². The average Bonchev–Trinajstić information content (AvgIpc) is 2.77. The first kappa shape index (κ1) is 12.4. The molecule has 1 fully saturated rings. The number of hydrogen-bond acceptors (Lipinski definition) is 2. The first-order valence-corrected chi connectivity index (χ1v) is 7.02. The second kappa shape index (κ2) is 4.82. The highest BCUT2D eigenvalue weighted by atomic mass is 15.0. The Morgan fingerprint density at radius 2 is 2.00 bits per heavy atom. The molecule has 1 aromatic heterocycles. The molecule has 1 aliphatic rings. The summed E-state index contributed by atoms with van der Waals surface area (Å²) in [4.78, 5) is 8.42. The zero-order valence-electron chi connectivity index (χ0n) is 11.7. The van der Waals surface area contributed by atoms with Gasteiger partial charge in [-0.3, -0.25) is 0 Å². The molecule has 1 aromatic carbocycles. The molecule has 3 nitrogen and oxygen atoms in total. The number of likely N-dealkylation sites (N-methyl/N-ethyl adjacent to an activating group) is 1. The molecule has 2 N–H and O–H groups in total. The van der Waals surface area contributed by atoms with Gasteiger partial charge in [-0.25, -0.2) is 4.98 Å². The highest BCUT2D eigenvalue weighted by Crippen LogP contribution is 2.42. The van der Waals surface area contributed by atoms with Crippen LogP contribution < -0.4 is 5.32 Å². The Kier molecular flexibility index (Phi) is 3.15. The number of hydrogen-bond donors (Lipinski definition) is 2. The molecular formula is C16H21N3. The van der Waals surface area contributed by atoms with Crippen molar-refractivity contribution in [1.29, 1.82) is 0 Å². The molecule has 2 aromatic rings. The minimum absolute atomic E-state index is 0.229. The van der Waals surface area contributed by atoms with Gasteiger partial charge in [-0.15, -0.1) is 0 Å². The Morgan fingerprint density at radius 1 is 1.26 bits per heavy atom. The maximum atomic E-state index is 4.90. The zero-order chi connectivity index (χ0) is 13.3. The van der Waals surface area contributed by atoms with Gasteiger partial charge < -0.3 is 10.3 Å². The SMILES string of the molecule is CNCC1(c2nc(-c3ccccc3)c(C)[nH]2)CCC1. The highest BCUT2D eigenvalue weighted by Gasteiger charge is 2.41. The van der Waals surface area contributed by atoms with Gasteiger partial charge in [0.05, 0.1) is 5.69 Å². The topological polar surface area (TPSA) is 40.7 Å². The number of nitrogens with zero attached hydrogens (tertiary/aromatic N) is 1. The number of aryl methyl sites for hydroxylation is 1. The molecule has 0 unspecified atom stereocenters. The van der Waals surface area contributed by atoms with E-state index in [0.717, 1.165) is 18.1 Å². The largest absolute Gasteiger partial charge is 0.345 e. The number of nitrogens with one attached hydrogen (secondary N) is 2. The van der Waals surface area contributed by atoms with Gasteiger partial charge in [0.25, 0.3) is 0 Å². The fraction of sp³-hybridized carbons (Fsp3) is 0.438. The van der Waals surface area contributed by atoms with Crippen LogP contribution in [0.25, 0.3) is 11.3 Å². The zero-order valence-corrected chi connectivity index (χ0v) is 11.7. The number of aromatic nitrogens is 2. The Balaban J connectivity index is 1.98. The van der Waals surface area contributed by atoms with Crippen LogP contribution >= 0.6 is 0 Å². The van der Waals surface area contributed by atoms with Crippen molar-refractivity contribution in [3.8, 4) is 11.3 Å². The van der Waals surface area contributed by atoms with Crippen LogP contribution in [0.2, 0.25) is 0 Å². The molecule has 0 radical (unpaired) electrons. The maximum absolute atomic E-state index is 4.90. The van der Waals surface area contributed by atoms with Crippen LogP contribution in [0.4, 0.5) is 0 Å². The predicted molar refractivity (Wildman–Crippen MR) is 78.2 cm³/mol. The normalized spacial score (nSPS) is 17.2. The van der Waals surface area contributed by atoms with E-state index >= 15 is 0 Å². The van der Waals surface area contributed by atoms with Crippen LogP contribution in [0.15, 0.2) is 30.3 Å². The summed E-state index contributed by atoms with van der Waals surface area (Å²) in [5.41, 5.74) is 3.69. The third-order valence-electron chi connectivity index (χ3n) is 4.26. The lowest BCUT2D eigenvalue weighted by molar-refractivity contribution is 0.226. The van der Waals surface area contributed by atoms with E-state index in [2.05, 4.69) is 41.5 Å². The smallest absolute Gasteiger partial charge is 0.114 e. The summed E-state index contributed by atoms with van der Waals surface area (Å²) in [7, 11) is 2.02. The number of imidazole rings is 1. The summed E-state index contributed by atoms with van der Waals surface area (Å²) in [5.74, 6) is 1.16. The van der Waals surface area contributed by atoms with Gasteiger partial charge in [-0.1, -0.05) is 36.8 Å². The van der Waals surface area contributed by atoms with E-state index in [4.69, 9.17) is 4.98 Å². The van der Waals surface area contributed by atoms with Crippen molar-refractivity contribution in [3.63, 3.8) is 0 Å². The van der Waals surface area contributed by atoms with Crippen LogP contribution in [0.5, 0.6) is 0 Å². The molecule has 0 spiro atoms. The average molecular weight is 255 g/mol. The molecule has 0 aliphatic heterocycles. The Hall–Kier alpha value is -1.61. The molecule has 1 saturated carbocycles. The summed E-state index contributed by atoms with van der Waals surface area (Å²) < 4.78 is 0. The lowest BCUT2D eigenvalue weighted by atomic mass is 9.68. The molecule has 3 rings (SSSR count). The third kappa shape index (κ3) is 2.08. The van der Waals surface area contributed by atoms with Crippen LogP contribution in [0.3, 0.4) is 0 Å². The predicted octanol–water partition coefficient (Wildman–Crippen LogP) is 3.03. The standard InChI is InChI=1S/C16H21N3/c1-12-14(13-7-4-3-5-8-13)19-15(18-12)16(11-17-2)9-6-10-16/h3-5,7-8,17H,6,9-11H2,1-2H3,(H,18,19). The molecule has 1 heterocycles. The van der Waals surface area contributed by atoms with E-state index < -0.39 is 0 Å². The van der Waals surface area contributed by atoms with Crippen molar-refractivity contribution in [3.05, 3.63) is 41.9 Å². The van der Waals surface area contributed by atoms with Crippen LogP contribution in [-0.2, 0) is 5.41 Å². The number of aromatic amines is 1. The minimum Gasteiger partial charge on any atom is -0.345 e. The van der Waals surface area contributed by atoms with E-state index in [-0.39, 0.29) is 5.41 Å². The summed E-state index contributed by atoms with van der Waals surface area (Å²) >= 11 is 0. The molecule has 0 saturated heterocycles. The van der Waals surface area contributed by atoms with E-state index in [1.54, 1.807) is 0 Å². The summed E-state index contributed by atoms with van der Waals surface area (Å²) in [5, 5.41) is 3.32. The van der Waals surface area contributed by atoms with Gasteiger partial charge >= 0.3 is 0 Å². The van der Waals surface area contributed by atoms with Crippen LogP contribution in [-0.4, -0.2) is 23.6 Å². The molecule has 0 bridgehead atoms. The van der Waals surface area contributed by atoms with Crippen molar-refractivity contribution in [2.75, 3.05) is 13.6 Å². The second-order valence-corrected chi connectivity index (χ2v) is 5.59. The van der Waals surface area contributed by atoms with E-state index in [0.29, 0.717) is 0 Å². The van der Waals surface area contributed by atoms with Crippen molar-refractivity contribution in [2.45, 2.75) is 31.6 Å². The fourth-order valence-corrected chi connectivity index (χ4v) is 3.03. The lowest BCUT2D eigenvalue weighted by Gasteiger charge is -2.40. The minimum atomic E-state index is 0.229. The number of benzene rings is 1. The lowest BCUT2D eigenvalue weighted by Crippen LogP contribution is -2.43. The fourth-order valence-electron chi connectivity index (χ4n) is 3.03. The number of rotatable bonds is 4. The van der Waals surface area contributed by atoms with Gasteiger partial charge in [0.2, 0.25) is 0 Å². The number of H-pyrrole nitrogens is 1. The van der Waals surface area contributed by atoms with Gasteiger partial charge in [0, 0.05) is 23.2 Å². The van der Waals surface area contributed by atoms with Gasteiger partial charge in [-0.05, 0) is 26.8 Å². The Morgan fingerprint density at radius 3 is 2.58 bits per heavy atom. The second-order valence-electron chi connectivity index (χ2n) is 5.59. The summed E-state index contributed by atoms with van der Waals surface area (Å²) in [6.45, 7) is 3.12. The molecule has 0 amide bonds. The van der Waals surface area contributed by atoms with Gasteiger partial charge in [0.1, 0.15) is 5.82 Å². The molecule has 1 aliphatic carbocycles. The van der Waals surface area contributed by atoms with E-state index in [9.17, 15) is 0 Å². The molecule has 19 heavy (non-hydrogen) atoms. The monoisotopic (exact) mass is 255 g/mol. The van der Waals surface area contributed by atoms with E-state index in [1.165, 1.54) is 30.5 Å². The quantitative estimate of drug-likeness (QED) is 0.881. The van der Waals surface area contributed by atoms with Crippen LogP contribution in [0, 0.1) is 6.92 Å². The van der Waals surface area contributed by atoms with Crippen molar-refractivity contribution >= 4 is 0 Å². The molecule has 0 atom stereocenters. The molecule has 3 heteroatoms. The first-order valence-electron chi connectivity index (χ1n) is 7.02. The first-order chi connectivity index (χ1) is 9.25. The summed E-state index contributed by atoms with van der Waals surface area (Å²) in [6, 6.07) is 10.4. The van der Waals surface area contributed by atoms with Crippen LogP contribution in [0.1, 0.15) is 30.8 Å². The van der Waals surface area contributed by atoms with Gasteiger partial charge in [-0.2, -0.15) is 0 Å². The van der Waals surface area contributed by atoms with Crippen molar-refractivity contribution in [2.24, 2.45) is 0 Å². The van der Waals surface area contributed by atoms with E-state index in [1.807, 2.05) is 13.1 Å². The maximum Gasteiger partial charge on any atom is 0.114 e. The highest BCUT2D eigenvalue weighted by molar-refractivity contribution is 5.62. The molecular weight excluding hydrogens is 234 g/mol. The summed E-state index contributed by atoms with van der Waals surface area (Å²) in [6.07, 6.45) is 3.77.